The van der Waals surface area contributed by atoms with Crippen molar-refractivity contribution >= 4 is 27.7 Å². The first-order valence-electron chi connectivity index (χ1n) is 9.89. The normalized spacial score (nSPS) is 15.1. The molecule has 12 heteroatoms. The maximum Gasteiger partial charge on any atom is 0.246 e. The van der Waals surface area contributed by atoms with Gasteiger partial charge in [-0.1, -0.05) is 30.3 Å². The van der Waals surface area contributed by atoms with Gasteiger partial charge in [0.2, 0.25) is 15.9 Å². The molecule has 3 aromatic rings. The molecule has 1 aliphatic rings. The van der Waals surface area contributed by atoms with Crippen LogP contribution in [-0.2, 0) is 20.6 Å². The Morgan fingerprint density at radius 3 is 2.41 bits per heavy atom. The number of benzene rings is 2. The minimum atomic E-state index is -3.93. The molecule has 9 nitrogen and oxygen atoms in total. The SMILES string of the molecule is O=C(CSCc1nnnn1-c1ccccc1)N1CCN(S(=O)(=O)c2ccccc2F)CC1. The lowest BCUT2D eigenvalue weighted by molar-refractivity contribution is -0.129. The fourth-order valence-electron chi connectivity index (χ4n) is 3.36. The Hall–Kier alpha value is -2.83. The summed E-state index contributed by atoms with van der Waals surface area (Å²) in [6, 6.07) is 14.8. The smallest absolute Gasteiger partial charge is 0.246 e. The molecule has 1 saturated heterocycles. The Morgan fingerprint density at radius 1 is 1.00 bits per heavy atom. The number of tetrazole rings is 1. The molecule has 4 rings (SSSR count). The molecule has 0 bridgehead atoms. The van der Waals surface area contributed by atoms with Crippen molar-refractivity contribution in [3.8, 4) is 5.69 Å². The number of halogens is 1. The molecule has 1 amide bonds. The number of thioether (sulfide) groups is 1. The van der Waals surface area contributed by atoms with E-state index in [9.17, 15) is 17.6 Å². The zero-order valence-electron chi connectivity index (χ0n) is 17.0. The molecule has 168 valence electrons. The van der Waals surface area contributed by atoms with Crippen LogP contribution in [0.15, 0.2) is 59.5 Å². The van der Waals surface area contributed by atoms with Gasteiger partial charge in [0.05, 0.1) is 17.2 Å². The van der Waals surface area contributed by atoms with Gasteiger partial charge in [-0.25, -0.2) is 12.8 Å². The van der Waals surface area contributed by atoms with E-state index in [1.807, 2.05) is 30.3 Å². The first-order valence-corrected chi connectivity index (χ1v) is 12.5. The van der Waals surface area contributed by atoms with Gasteiger partial charge in [0.15, 0.2) is 5.82 Å². The summed E-state index contributed by atoms with van der Waals surface area (Å²) in [6.45, 7) is 0.766. The minimum absolute atomic E-state index is 0.0864. The predicted molar refractivity (Wildman–Crippen MR) is 117 cm³/mol. The number of hydrogen-bond acceptors (Lipinski definition) is 7. The summed E-state index contributed by atoms with van der Waals surface area (Å²) >= 11 is 1.39. The molecule has 0 N–H and O–H groups in total. The third-order valence-corrected chi connectivity index (χ3v) is 7.88. The third kappa shape index (κ3) is 4.81. The van der Waals surface area contributed by atoms with Crippen LogP contribution < -0.4 is 0 Å². The van der Waals surface area contributed by atoms with Gasteiger partial charge in [-0.2, -0.15) is 8.99 Å². The average molecular weight is 477 g/mol. The molecule has 2 aromatic carbocycles. The highest BCUT2D eigenvalue weighted by Crippen LogP contribution is 2.21. The van der Waals surface area contributed by atoms with E-state index in [1.54, 1.807) is 9.58 Å². The van der Waals surface area contributed by atoms with Gasteiger partial charge < -0.3 is 4.90 Å². The van der Waals surface area contributed by atoms with Crippen LogP contribution in [0.1, 0.15) is 5.82 Å². The molecule has 0 atom stereocenters. The Kier molecular flexibility index (Phi) is 6.82. The molecule has 1 aliphatic heterocycles. The van der Waals surface area contributed by atoms with E-state index in [2.05, 4.69) is 15.5 Å². The van der Waals surface area contributed by atoms with E-state index in [4.69, 9.17) is 0 Å². The van der Waals surface area contributed by atoms with Gasteiger partial charge in [-0.15, -0.1) is 16.9 Å². The van der Waals surface area contributed by atoms with Gasteiger partial charge in [0.25, 0.3) is 0 Å². The quantitative estimate of drug-likeness (QED) is 0.510. The standard InChI is InChI=1S/C20H21FN6O3S2/c21-17-8-4-5-9-18(17)32(29,30)26-12-10-25(11-13-26)20(28)15-31-14-19-22-23-24-27(19)16-6-2-1-3-7-16/h1-9H,10-15H2. The summed E-state index contributed by atoms with van der Waals surface area (Å²) in [4.78, 5) is 13.9. The molecule has 0 aliphatic carbocycles. The number of carbonyl (C=O) groups is 1. The maximum absolute atomic E-state index is 13.9. The number of hydrogen-bond donors (Lipinski definition) is 0. The van der Waals surface area contributed by atoms with Crippen LogP contribution in [0.4, 0.5) is 4.39 Å². The number of sulfonamides is 1. The molecule has 0 radical (unpaired) electrons. The monoisotopic (exact) mass is 476 g/mol. The summed E-state index contributed by atoms with van der Waals surface area (Å²) in [5.41, 5.74) is 0.839. The molecule has 1 aromatic heterocycles. The van der Waals surface area contributed by atoms with Crippen LogP contribution in [-0.4, -0.2) is 75.7 Å². The number of aromatic nitrogens is 4. The fraction of sp³-hybridized carbons (Fsp3) is 0.300. The maximum atomic E-state index is 13.9. The number of rotatable bonds is 7. The summed E-state index contributed by atoms with van der Waals surface area (Å²) in [5.74, 6) is 0.448. The molecule has 0 unspecified atom stereocenters. The molecule has 32 heavy (non-hydrogen) atoms. The predicted octanol–water partition coefficient (Wildman–Crippen LogP) is 1.57. The van der Waals surface area contributed by atoms with Gasteiger partial charge in [-0.3, -0.25) is 4.79 Å². The summed E-state index contributed by atoms with van der Waals surface area (Å²) in [5, 5.41) is 11.7. The Bertz CT molecular complexity index is 1180. The zero-order chi connectivity index (χ0) is 22.6. The molecule has 2 heterocycles. The Balaban J connectivity index is 1.29. The van der Waals surface area contributed by atoms with Gasteiger partial charge in [0.1, 0.15) is 10.7 Å². The van der Waals surface area contributed by atoms with Crippen LogP contribution in [0.25, 0.3) is 5.69 Å². The second-order valence-electron chi connectivity index (χ2n) is 7.05. The second kappa shape index (κ2) is 9.76. The largest absolute Gasteiger partial charge is 0.339 e. The number of piperazine rings is 1. The van der Waals surface area contributed by atoms with E-state index in [1.165, 1.54) is 34.3 Å². The second-order valence-corrected chi connectivity index (χ2v) is 9.94. The zero-order valence-corrected chi connectivity index (χ0v) is 18.7. The van der Waals surface area contributed by atoms with Gasteiger partial charge in [-0.05, 0) is 34.7 Å². The molecular formula is C20H21FN6O3S2. The van der Waals surface area contributed by atoms with Crippen molar-refractivity contribution in [3.05, 3.63) is 66.2 Å². The highest BCUT2D eigenvalue weighted by atomic mass is 32.2. The van der Waals surface area contributed by atoms with Gasteiger partial charge in [0, 0.05) is 26.2 Å². The average Bonchev–Trinajstić information content (AvgIpc) is 3.28. The molecule has 0 saturated carbocycles. The van der Waals surface area contributed by atoms with Crippen molar-refractivity contribution in [1.82, 2.24) is 29.4 Å². The molecule has 1 fully saturated rings. The lowest BCUT2D eigenvalue weighted by Crippen LogP contribution is -2.51. The van der Waals surface area contributed by atoms with Crippen LogP contribution in [0.2, 0.25) is 0 Å². The third-order valence-electron chi connectivity index (χ3n) is 5.04. The summed E-state index contributed by atoms with van der Waals surface area (Å²) in [6.07, 6.45) is 0. The van der Waals surface area contributed by atoms with Crippen LogP contribution in [0.5, 0.6) is 0 Å². The van der Waals surface area contributed by atoms with Crippen molar-refractivity contribution in [2.75, 3.05) is 31.9 Å². The first-order chi connectivity index (χ1) is 15.5. The lowest BCUT2D eigenvalue weighted by atomic mass is 10.3. The van der Waals surface area contributed by atoms with E-state index in [-0.39, 0.29) is 42.7 Å². The minimum Gasteiger partial charge on any atom is -0.339 e. The van der Waals surface area contributed by atoms with E-state index in [0.29, 0.717) is 11.6 Å². The number of nitrogens with zero attached hydrogens (tertiary/aromatic N) is 6. The Labute approximate surface area is 189 Å². The van der Waals surface area contributed by atoms with Crippen molar-refractivity contribution in [3.63, 3.8) is 0 Å². The highest BCUT2D eigenvalue weighted by molar-refractivity contribution is 7.99. The molecule has 0 spiro atoms. The van der Waals surface area contributed by atoms with E-state index in [0.717, 1.165) is 11.8 Å². The van der Waals surface area contributed by atoms with Crippen LogP contribution in [0, 0.1) is 5.82 Å². The first kappa shape index (κ1) is 22.4. The number of amides is 1. The number of carbonyl (C=O) groups excluding carboxylic acids is 1. The Morgan fingerprint density at radius 2 is 1.69 bits per heavy atom. The highest BCUT2D eigenvalue weighted by Gasteiger charge is 2.31. The van der Waals surface area contributed by atoms with Crippen LogP contribution >= 0.6 is 11.8 Å². The molecular weight excluding hydrogens is 455 g/mol. The summed E-state index contributed by atoms with van der Waals surface area (Å²) < 4.78 is 42.2. The van der Waals surface area contributed by atoms with Crippen molar-refractivity contribution in [1.29, 1.82) is 0 Å². The van der Waals surface area contributed by atoms with Crippen molar-refractivity contribution in [2.24, 2.45) is 0 Å². The van der Waals surface area contributed by atoms with Crippen molar-refractivity contribution < 1.29 is 17.6 Å². The van der Waals surface area contributed by atoms with E-state index < -0.39 is 15.8 Å². The number of para-hydroxylation sites is 1. The van der Waals surface area contributed by atoms with Crippen LogP contribution in [0.3, 0.4) is 0 Å². The lowest BCUT2D eigenvalue weighted by Gasteiger charge is -2.34. The van der Waals surface area contributed by atoms with Gasteiger partial charge >= 0.3 is 0 Å². The fourth-order valence-corrected chi connectivity index (χ4v) is 5.67. The van der Waals surface area contributed by atoms with Crippen molar-refractivity contribution in [2.45, 2.75) is 10.6 Å². The topological polar surface area (TPSA) is 101 Å². The van der Waals surface area contributed by atoms with E-state index >= 15 is 0 Å². The summed E-state index contributed by atoms with van der Waals surface area (Å²) in [7, 11) is -3.93.